The monoisotopic (exact) mass is 295 g/mol. The molecule has 0 aromatic heterocycles. The first-order valence-electron chi connectivity index (χ1n) is 6.30. The minimum Gasteiger partial charge on any atom is -0.313 e. The topological polar surface area (TPSA) is 12.0 Å². The van der Waals surface area contributed by atoms with Crippen molar-refractivity contribution >= 4 is 22.0 Å². The van der Waals surface area contributed by atoms with Crippen LogP contribution in [0.15, 0.2) is 34.3 Å². The SMILES string of the molecule is CCCNCC(=Cc1ccc(Br)cc1)C(C)C. The molecule has 0 bridgehead atoms. The number of benzene rings is 1. The second-order valence-corrected chi connectivity index (χ2v) is 5.52. The maximum atomic E-state index is 3.47. The summed E-state index contributed by atoms with van der Waals surface area (Å²) in [7, 11) is 0. The van der Waals surface area contributed by atoms with Crippen molar-refractivity contribution in [2.75, 3.05) is 13.1 Å². The largest absolute Gasteiger partial charge is 0.313 e. The summed E-state index contributed by atoms with van der Waals surface area (Å²) in [4.78, 5) is 0. The predicted octanol–water partition coefficient (Wildman–Crippen LogP) is 4.49. The Hall–Kier alpha value is -0.600. The molecule has 1 N–H and O–H groups in total. The maximum absolute atomic E-state index is 3.47. The molecule has 1 nitrogen and oxygen atoms in total. The summed E-state index contributed by atoms with van der Waals surface area (Å²) >= 11 is 3.46. The van der Waals surface area contributed by atoms with Crippen molar-refractivity contribution in [2.24, 2.45) is 5.92 Å². The van der Waals surface area contributed by atoms with Gasteiger partial charge in [0.2, 0.25) is 0 Å². The average molecular weight is 296 g/mol. The Morgan fingerprint density at radius 3 is 2.47 bits per heavy atom. The molecular weight excluding hydrogens is 274 g/mol. The molecule has 0 aliphatic carbocycles. The van der Waals surface area contributed by atoms with Gasteiger partial charge in [0.25, 0.3) is 0 Å². The van der Waals surface area contributed by atoms with Gasteiger partial charge in [-0.25, -0.2) is 0 Å². The van der Waals surface area contributed by atoms with E-state index in [1.165, 1.54) is 17.6 Å². The Morgan fingerprint density at radius 1 is 1.29 bits per heavy atom. The highest BCUT2D eigenvalue weighted by Crippen LogP contribution is 2.16. The first-order valence-corrected chi connectivity index (χ1v) is 7.09. The van der Waals surface area contributed by atoms with Crippen LogP contribution in [0, 0.1) is 5.92 Å². The molecule has 0 aliphatic heterocycles. The van der Waals surface area contributed by atoms with E-state index in [2.05, 4.69) is 72.4 Å². The molecule has 94 valence electrons. The molecule has 0 amide bonds. The Kier molecular flexibility index (Phi) is 6.53. The van der Waals surface area contributed by atoms with Gasteiger partial charge in [0.05, 0.1) is 0 Å². The average Bonchev–Trinajstić information content (AvgIpc) is 2.30. The summed E-state index contributed by atoms with van der Waals surface area (Å²) in [6, 6.07) is 8.46. The summed E-state index contributed by atoms with van der Waals surface area (Å²) in [6.45, 7) is 8.77. The van der Waals surface area contributed by atoms with Gasteiger partial charge in [-0.15, -0.1) is 0 Å². The fraction of sp³-hybridized carbons (Fsp3) is 0.467. The smallest absolute Gasteiger partial charge is 0.0175 e. The molecule has 0 unspecified atom stereocenters. The molecule has 1 rings (SSSR count). The third-order valence-corrected chi connectivity index (χ3v) is 3.25. The van der Waals surface area contributed by atoms with E-state index in [4.69, 9.17) is 0 Å². The van der Waals surface area contributed by atoms with Crippen molar-refractivity contribution in [3.63, 3.8) is 0 Å². The third kappa shape index (κ3) is 5.51. The molecule has 0 heterocycles. The molecule has 17 heavy (non-hydrogen) atoms. The molecule has 0 atom stereocenters. The van der Waals surface area contributed by atoms with Crippen LogP contribution >= 0.6 is 15.9 Å². The van der Waals surface area contributed by atoms with Crippen LogP contribution in [0.3, 0.4) is 0 Å². The highest BCUT2D eigenvalue weighted by atomic mass is 79.9. The van der Waals surface area contributed by atoms with Crippen LogP contribution < -0.4 is 5.32 Å². The lowest BCUT2D eigenvalue weighted by atomic mass is 10.0. The number of rotatable bonds is 6. The minimum absolute atomic E-state index is 0.586. The molecule has 0 aliphatic rings. The van der Waals surface area contributed by atoms with Gasteiger partial charge >= 0.3 is 0 Å². The second-order valence-electron chi connectivity index (χ2n) is 4.60. The fourth-order valence-electron chi connectivity index (χ4n) is 1.60. The van der Waals surface area contributed by atoms with Gasteiger partial charge in [-0.3, -0.25) is 0 Å². The maximum Gasteiger partial charge on any atom is 0.0175 e. The van der Waals surface area contributed by atoms with E-state index in [9.17, 15) is 0 Å². The molecule has 1 aromatic rings. The summed E-state index contributed by atoms with van der Waals surface area (Å²) in [5.41, 5.74) is 2.73. The zero-order valence-corrected chi connectivity index (χ0v) is 12.5. The predicted molar refractivity (Wildman–Crippen MR) is 80.1 cm³/mol. The van der Waals surface area contributed by atoms with E-state index < -0.39 is 0 Å². The zero-order valence-electron chi connectivity index (χ0n) is 11.0. The summed E-state index contributed by atoms with van der Waals surface area (Å²) < 4.78 is 1.13. The van der Waals surface area contributed by atoms with Crippen LogP contribution in [0.4, 0.5) is 0 Å². The number of nitrogens with one attached hydrogen (secondary N) is 1. The standard InChI is InChI=1S/C15H22BrN/c1-4-9-17-11-14(12(2)3)10-13-5-7-15(16)8-6-13/h5-8,10,12,17H,4,9,11H2,1-3H3. The molecular formula is C15H22BrN. The summed E-state index contributed by atoms with van der Waals surface area (Å²) in [5.74, 6) is 0.586. The zero-order chi connectivity index (χ0) is 12.7. The first-order chi connectivity index (χ1) is 8.13. The van der Waals surface area contributed by atoms with E-state index in [1.54, 1.807) is 0 Å². The van der Waals surface area contributed by atoms with Crippen LogP contribution in [0.1, 0.15) is 32.8 Å². The van der Waals surface area contributed by atoms with Gasteiger partial charge in [0, 0.05) is 11.0 Å². The molecule has 0 radical (unpaired) electrons. The molecule has 0 fully saturated rings. The van der Waals surface area contributed by atoms with Gasteiger partial charge in [0.1, 0.15) is 0 Å². The number of halogens is 1. The Morgan fingerprint density at radius 2 is 1.94 bits per heavy atom. The fourth-order valence-corrected chi connectivity index (χ4v) is 1.87. The van der Waals surface area contributed by atoms with Gasteiger partial charge in [-0.05, 0) is 36.6 Å². The van der Waals surface area contributed by atoms with Crippen molar-refractivity contribution in [1.82, 2.24) is 5.32 Å². The van der Waals surface area contributed by atoms with Crippen molar-refractivity contribution < 1.29 is 0 Å². The lowest BCUT2D eigenvalue weighted by Crippen LogP contribution is -2.19. The lowest BCUT2D eigenvalue weighted by molar-refractivity contribution is 0.657. The molecule has 2 heteroatoms. The third-order valence-electron chi connectivity index (χ3n) is 2.72. The van der Waals surface area contributed by atoms with E-state index in [-0.39, 0.29) is 0 Å². The van der Waals surface area contributed by atoms with Crippen molar-refractivity contribution in [3.8, 4) is 0 Å². The molecule has 1 aromatic carbocycles. The quantitative estimate of drug-likeness (QED) is 0.763. The van der Waals surface area contributed by atoms with E-state index >= 15 is 0 Å². The van der Waals surface area contributed by atoms with E-state index in [1.807, 2.05) is 0 Å². The van der Waals surface area contributed by atoms with Crippen molar-refractivity contribution in [3.05, 3.63) is 39.9 Å². The summed E-state index contributed by atoms with van der Waals surface area (Å²) in [6.07, 6.45) is 3.48. The van der Waals surface area contributed by atoms with Gasteiger partial charge in [0.15, 0.2) is 0 Å². The summed E-state index contributed by atoms with van der Waals surface area (Å²) in [5, 5.41) is 3.47. The van der Waals surface area contributed by atoms with E-state index in [0.717, 1.165) is 17.6 Å². The van der Waals surface area contributed by atoms with Crippen molar-refractivity contribution in [1.29, 1.82) is 0 Å². The number of hydrogen-bond acceptors (Lipinski definition) is 1. The molecule has 0 spiro atoms. The van der Waals surface area contributed by atoms with Crippen LogP contribution in [0.2, 0.25) is 0 Å². The highest BCUT2D eigenvalue weighted by Gasteiger charge is 2.03. The van der Waals surface area contributed by atoms with Crippen LogP contribution in [-0.4, -0.2) is 13.1 Å². The Bertz CT molecular complexity index is 352. The van der Waals surface area contributed by atoms with Gasteiger partial charge in [-0.2, -0.15) is 0 Å². The van der Waals surface area contributed by atoms with Crippen LogP contribution in [-0.2, 0) is 0 Å². The second kappa shape index (κ2) is 7.67. The lowest BCUT2D eigenvalue weighted by Gasteiger charge is -2.12. The highest BCUT2D eigenvalue weighted by molar-refractivity contribution is 9.10. The van der Waals surface area contributed by atoms with Gasteiger partial charge < -0.3 is 5.32 Å². The van der Waals surface area contributed by atoms with Gasteiger partial charge in [-0.1, -0.05) is 60.5 Å². The number of hydrogen-bond donors (Lipinski definition) is 1. The van der Waals surface area contributed by atoms with Crippen molar-refractivity contribution in [2.45, 2.75) is 27.2 Å². The minimum atomic E-state index is 0.586. The normalized spacial score (nSPS) is 12.2. The Balaban J connectivity index is 2.71. The van der Waals surface area contributed by atoms with E-state index in [0.29, 0.717) is 5.92 Å². The van der Waals surface area contributed by atoms with Crippen LogP contribution in [0.25, 0.3) is 6.08 Å². The Labute approximate surface area is 113 Å². The van der Waals surface area contributed by atoms with Crippen LogP contribution in [0.5, 0.6) is 0 Å². The molecule has 0 saturated carbocycles. The molecule has 0 saturated heterocycles. The first kappa shape index (κ1) is 14.5.